The van der Waals surface area contributed by atoms with E-state index in [-0.39, 0.29) is 24.1 Å². The first kappa shape index (κ1) is 14.1. The Morgan fingerprint density at radius 3 is 2.61 bits per heavy atom. The zero-order valence-corrected chi connectivity index (χ0v) is 10.6. The van der Waals surface area contributed by atoms with Gasteiger partial charge in [-0.15, -0.1) is 0 Å². The van der Waals surface area contributed by atoms with Crippen LogP contribution in [-0.4, -0.2) is 35.5 Å². The highest BCUT2D eigenvalue weighted by Crippen LogP contribution is 2.29. The number of nitro groups is 1. The van der Waals surface area contributed by atoms with E-state index in [0.29, 0.717) is 11.3 Å². The number of likely N-dealkylation sites (N-methyl/N-ethyl adjacent to an activating group) is 1. The second-order valence-corrected chi connectivity index (χ2v) is 4.16. The Kier molecular flexibility index (Phi) is 4.38. The first-order valence-electron chi connectivity index (χ1n) is 5.51. The summed E-state index contributed by atoms with van der Waals surface area (Å²) in [6.45, 7) is 3.00. The number of benzene rings is 1. The number of carbonyl (C=O) groups is 1. The molecule has 18 heavy (non-hydrogen) atoms. The minimum atomic E-state index is -0.525. The van der Waals surface area contributed by atoms with Gasteiger partial charge in [0, 0.05) is 24.7 Å². The van der Waals surface area contributed by atoms with Gasteiger partial charge in [0.1, 0.15) is 5.69 Å². The largest absolute Gasteiger partial charge is 0.394 e. The summed E-state index contributed by atoms with van der Waals surface area (Å²) in [7, 11) is 1.66. The molecule has 1 aromatic rings. The molecule has 6 nitrogen and oxygen atoms in total. The van der Waals surface area contributed by atoms with Crippen LogP contribution in [-0.2, 0) is 0 Å². The number of Topliss-reactive ketones (excluding diaryl/α,β-unsaturated/α-hetero) is 1. The maximum Gasteiger partial charge on any atom is 0.293 e. The monoisotopic (exact) mass is 252 g/mol. The van der Waals surface area contributed by atoms with Crippen molar-refractivity contribution >= 4 is 17.2 Å². The SMILES string of the molecule is CC(=O)c1ccc(N(C)C(C)CO)c([N+](=O)[O-])c1. The number of aliphatic hydroxyl groups is 1. The van der Waals surface area contributed by atoms with Crippen molar-refractivity contribution in [3.05, 3.63) is 33.9 Å². The highest BCUT2D eigenvalue weighted by molar-refractivity contribution is 5.95. The van der Waals surface area contributed by atoms with Crippen molar-refractivity contribution < 1.29 is 14.8 Å². The maximum atomic E-state index is 11.2. The van der Waals surface area contributed by atoms with Crippen molar-refractivity contribution in [2.75, 3.05) is 18.6 Å². The summed E-state index contributed by atoms with van der Waals surface area (Å²) in [6, 6.07) is 4.09. The molecule has 0 aliphatic rings. The summed E-state index contributed by atoms with van der Waals surface area (Å²) in [5, 5.41) is 20.1. The highest BCUT2D eigenvalue weighted by atomic mass is 16.6. The highest BCUT2D eigenvalue weighted by Gasteiger charge is 2.21. The molecule has 6 heteroatoms. The molecular formula is C12H16N2O4. The lowest BCUT2D eigenvalue weighted by atomic mass is 10.1. The molecule has 0 aromatic heterocycles. The van der Waals surface area contributed by atoms with Crippen LogP contribution in [0.5, 0.6) is 0 Å². The Morgan fingerprint density at radius 2 is 2.17 bits per heavy atom. The lowest BCUT2D eigenvalue weighted by molar-refractivity contribution is -0.384. The molecule has 1 unspecified atom stereocenters. The average molecular weight is 252 g/mol. The number of hydrogen-bond donors (Lipinski definition) is 1. The van der Waals surface area contributed by atoms with Crippen LogP contribution in [0.3, 0.4) is 0 Å². The van der Waals surface area contributed by atoms with E-state index in [0.717, 1.165) is 0 Å². The Labute approximate surface area is 105 Å². The molecule has 1 N–H and O–H groups in total. The number of aliphatic hydroxyl groups excluding tert-OH is 1. The molecule has 0 saturated carbocycles. The van der Waals surface area contributed by atoms with Crippen LogP contribution in [0.15, 0.2) is 18.2 Å². The van der Waals surface area contributed by atoms with E-state index in [4.69, 9.17) is 5.11 Å². The number of nitro benzene ring substituents is 1. The number of carbonyl (C=O) groups excluding carboxylic acids is 1. The molecule has 0 radical (unpaired) electrons. The molecule has 0 aliphatic carbocycles. The fourth-order valence-electron chi connectivity index (χ4n) is 1.55. The van der Waals surface area contributed by atoms with Crippen LogP contribution in [0.2, 0.25) is 0 Å². The number of rotatable bonds is 5. The third-order valence-electron chi connectivity index (χ3n) is 2.88. The molecule has 1 aromatic carbocycles. The summed E-state index contributed by atoms with van der Waals surface area (Å²) in [5.74, 6) is -0.220. The zero-order chi connectivity index (χ0) is 13.9. The van der Waals surface area contributed by atoms with Crippen LogP contribution >= 0.6 is 0 Å². The second-order valence-electron chi connectivity index (χ2n) is 4.16. The van der Waals surface area contributed by atoms with Gasteiger partial charge in [0.25, 0.3) is 5.69 Å². The average Bonchev–Trinajstić information content (AvgIpc) is 2.35. The Balaban J connectivity index is 3.27. The standard InChI is InChI=1S/C12H16N2O4/c1-8(7-15)13(3)11-5-4-10(9(2)16)6-12(11)14(17)18/h4-6,8,15H,7H2,1-3H3. The van der Waals surface area contributed by atoms with E-state index in [1.165, 1.54) is 19.1 Å². The van der Waals surface area contributed by atoms with Gasteiger partial charge < -0.3 is 10.0 Å². The Hall–Kier alpha value is -1.95. The molecule has 0 fully saturated rings. The lowest BCUT2D eigenvalue weighted by Gasteiger charge is -2.25. The molecule has 1 atom stereocenters. The van der Waals surface area contributed by atoms with Crippen LogP contribution in [0.25, 0.3) is 0 Å². The van der Waals surface area contributed by atoms with Gasteiger partial charge in [-0.25, -0.2) is 0 Å². The normalized spacial score (nSPS) is 12.0. The van der Waals surface area contributed by atoms with Gasteiger partial charge in [-0.05, 0) is 26.0 Å². The summed E-state index contributed by atoms with van der Waals surface area (Å²) in [6.07, 6.45) is 0. The van der Waals surface area contributed by atoms with E-state index >= 15 is 0 Å². The van der Waals surface area contributed by atoms with Crippen molar-refractivity contribution in [1.82, 2.24) is 0 Å². The molecule has 0 spiro atoms. The molecule has 0 aliphatic heterocycles. The van der Waals surface area contributed by atoms with Crippen LogP contribution in [0.4, 0.5) is 11.4 Å². The van der Waals surface area contributed by atoms with Crippen molar-refractivity contribution in [1.29, 1.82) is 0 Å². The van der Waals surface area contributed by atoms with Gasteiger partial charge in [0.05, 0.1) is 11.5 Å². The van der Waals surface area contributed by atoms with Gasteiger partial charge in [0.15, 0.2) is 5.78 Å². The van der Waals surface area contributed by atoms with Crippen molar-refractivity contribution in [2.24, 2.45) is 0 Å². The molecular weight excluding hydrogens is 236 g/mol. The van der Waals surface area contributed by atoms with E-state index in [1.807, 2.05) is 0 Å². The van der Waals surface area contributed by atoms with E-state index in [1.54, 1.807) is 24.9 Å². The van der Waals surface area contributed by atoms with E-state index < -0.39 is 4.92 Å². The first-order chi connectivity index (χ1) is 8.38. The number of anilines is 1. The molecule has 1 rings (SSSR count). The summed E-state index contributed by atoms with van der Waals surface area (Å²) >= 11 is 0. The minimum absolute atomic E-state index is 0.109. The number of hydrogen-bond acceptors (Lipinski definition) is 5. The van der Waals surface area contributed by atoms with Gasteiger partial charge in [-0.1, -0.05) is 0 Å². The van der Waals surface area contributed by atoms with Crippen LogP contribution in [0.1, 0.15) is 24.2 Å². The van der Waals surface area contributed by atoms with E-state index in [2.05, 4.69) is 0 Å². The Morgan fingerprint density at radius 1 is 1.56 bits per heavy atom. The second kappa shape index (κ2) is 5.59. The van der Waals surface area contributed by atoms with Crippen molar-refractivity contribution in [3.8, 4) is 0 Å². The summed E-state index contributed by atoms with van der Waals surface area (Å²) in [4.78, 5) is 23.3. The third-order valence-corrected chi connectivity index (χ3v) is 2.88. The predicted octanol–water partition coefficient (Wildman–Crippen LogP) is 1.61. The summed E-state index contributed by atoms with van der Waals surface area (Å²) < 4.78 is 0. The van der Waals surface area contributed by atoms with Gasteiger partial charge in [-0.2, -0.15) is 0 Å². The topological polar surface area (TPSA) is 83.7 Å². The predicted molar refractivity (Wildman–Crippen MR) is 68.1 cm³/mol. The quantitative estimate of drug-likeness (QED) is 0.489. The van der Waals surface area contributed by atoms with Crippen molar-refractivity contribution in [3.63, 3.8) is 0 Å². The molecule has 98 valence electrons. The third kappa shape index (κ3) is 2.84. The molecule has 0 heterocycles. The minimum Gasteiger partial charge on any atom is -0.394 e. The van der Waals surface area contributed by atoms with Crippen LogP contribution in [0, 0.1) is 10.1 Å². The molecule has 0 amide bonds. The van der Waals surface area contributed by atoms with Crippen molar-refractivity contribution in [2.45, 2.75) is 19.9 Å². The van der Waals surface area contributed by atoms with Gasteiger partial charge >= 0.3 is 0 Å². The van der Waals surface area contributed by atoms with Gasteiger partial charge in [0.2, 0.25) is 0 Å². The maximum absolute atomic E-state index is 11.2. The number of nitrogens with zero attached hydrogens (tertiary/aromatic N) is 2. The Bertz CT molecular complexity index is 473. The first-order valence-corrected chi connectivity index (χ1v) is 5.51. The fraction of sp³-hybridized carbons (Fsp3) is 0.417. The smallest absolute Gasteiger partial charge is 0.293 e. The van der Waals surface area contributed by atoms with Gasteiger partial charge in [-0.3, -0.25) is 14.9 Å². The molecule has 0 bridgehead atoms. The fourth-order valence-corrected chi connectivity index (χ4v) is 1.55. The lowest BCUT2D eigenvalue weighted by Crippen LogP contribution is -2.32. The molecule has 0 saturated heterocycles. The number of ketones is 1. The van der Waals surface area contributed by atoms with Crippen LogP contribution < -0.4 is 4.90 Å². The van der Waals surface area contributed by atoms with E-state index in [9.17, 15) is 14.9 Å². The summed E-state index contributed by atoms with van der Waals surface area (Å²) in [5.41, 5.74) is 0.549. The zero-order valence-electron chi connectivity index (χ0n) is 10.6.